The zero-order valence-corrected chi connectivity index (χ0v) is 11.3. The van der Waals surface area contributed by atoms with E-state index in [1.807, 2.05) is 12.1 Å². The molecule has 4 heteroatoms. The summed E-state index contributed by atoms with van der Waals surface area (Å²) in [6, 6.07) is 8.19. The summed E-state index contributed by atoms with van der Waals surface area (Å²) in [6.07, 6.45) is 2.59. The quantitative estimate of drug-likeness (QED) is 0.841. The van der Waals surface area contributed by atoms with Crippen molar-refractivity contribution in [2.45, 2.75) is 19.1 Å². The lowest BCUT2D eigenvalue weighted by atomic mass is 9.99. The summed E-state index contributed by atoms with van der Waals surface area (Å²) in [6.45, 7) is 5.28. The number of urea groups is 1. The van der Waals surface area contributed by atoms with Crippen LogP contribution in [-0.4, -0.2) is 37.2 Å². The van der Waals surface area contributed by atoms with Crippen LogP contribution < -0.4 is 5.32 Å². The van der Waals surface area contributed by atoms with Gasteiger partial charge in [-0.1, -0.05) is 30.3 Å². The molecule has 0 aliphatic carbocycles. The van der Waals surface area contributed by atoms with Gasteiger partial charge in [0.1, 0.15) is 0 Å². The minimum Gasteiger partial charge on any atom is -0.371 e. The first kappa shape index (κ1) is 13.6. The van der Waals surface area contributed by atoms with Crippen LogP contribution in [-0.2, 0) is 17.8 Å². The lowest BCUT2D eigenvalue weighted by Crippen LogP contribution is -2.43. The minimum absolute atomic E-state index is 0.0642. The fourth-order valence-corrected chi connectivity index (χ4v) is 2.21. The Hall–Kier alpha value is -1.81. The van der Waals surface area contributed by atoms with Crippen molar-refractivity contribution in [2.24, 2.45) is 0 Å². The van der Waals surface area contributed by atoms with Crippen molar-refractivity contribution in [1.82, 2.24) is 10.2 Å². The number of carbonyl (C=O) groups excluding carboxylic acids is 1. The summed E-state index contributed by atoms with van der Waals surface area (Å²) in [5, 5.41) is 2.75. The maximum Gasteiger partial charge on any atom is 0.317 e. The molecule has 0 saturated heterocycles. The summed E-state index contributed by atoms with van der Waals surface area (Å²) < 4.78 is 5.79. The summed E-state index contributed by atoms with van der Waals surface area (Å²) >= 11 is 0. The van der Waals surface area contributed by atoms with Crippen LogP contribution in [0.5, 0.6) is 0 Å². The maximum atomic E-state index is 11.7. The van der Waals surface area contributed by atoms with Crippen LogP contribution in [0.4, 0.5) is 4.79 Å². The van der Waals surface area contributed by atoms with Crippen LogP contribution in [0.3, 0.4) is 0 Å². The monoisotopic (exact) mass is 260 g/mol. The van der Waals surface area contributed by atoms with E-state index in [1.165, 1.54) is 11.1 Å². The molecule has 0 bridgehead atoms. The van der Waals surface area contributed by atoms with E-state index >= 15 is 0 Å². The third kappa shape index (κ3) is 3.58. The van der Waals surface area contributed by atoms with Gasteiger partial charge in [0, 0.05) is 26.6 Å². The third-order valence-corrected chi connectivity index (χ3v) is 3.26. The van der Waals surface area contributed by atoms with Crippen LogP contribution in [0.1, 0.15) is 11.1 Å². The molecule has 0 aromatic heterocycles. The third-order valence-electron chi connectivity index (χ3n) is 3.26. The van der Waals surface area contributed by atoms with Crippen LogP contribution in [0.15, 0.2) is 36.9 Å². The summed E-state index contributed by atoms with van der Waals surface area (Å²) in [5.41, 5.74) is 2.57. The number of hydrogen-bond acceptors (Lipinski definition) is 2. The molecule has 1 atom stereocenters. The molecule has 0 spiro atoms. The van der Waals surface area contributed by atoms with Crippen molar-refractivity contribution in [2.75, 3.05) is 20.1 Å². The SMILES string of the molecule is C=CCNC(=O)N(C)CC1Cc2ccccc2CO1. The number of hydrogen-bond donors (Lipinski definition) is 1. The zero-order chi connectivity index (χ0) is 13.7. The summed E-state index contributed by atoms with van der Waals surface area (Å²) in [4.78, 5) is 13.4. The summed E-state index contributed by atoms with van der Waals surface area (Å²) in [7, 11) is 1.78. The fourth-order valence-electron chi connectivity index (χ4n) is 2.21. The summed E-state index contributed by atoms with van der Waals surface area (Å²) in [5.74, 6) is 0. The standard InChI is InChI=1S/C15H20N2O2/c1-3-8-16-15(18)17(2)10-14-9-12-6-4-5-7-13(12)11-19-14/h3-7,14H,1,8-11H2,2H3,(H,16,18). The number of carbonyl (C=O) groups is 1. The van der Waals surface area contributed by atoms with E-state index in [1.54, 1.807) is 18.0 Å². The Kier molecular flexibility index (Phi) is 4.58. The van der Waals surface area contributed by atoms with Gasteiger partial charge < -0.3 is 15.0 Å². The van der Waals surface area contributed by atoms with E-state index in [-0.39, 0.29) is 12.1 Å². The number of nitrogens with zero attached hydrogens (tertiary/aromatic N) is 1. The number of amides is 2. The van der Waals surface area contributed by atoms with Crippen molar-refractivity contribution in [3.63, 3.8) is 0 Å². The molecule has 102 valence electrons. The topological polar surface area (TPSA) is 41.6 Å². The largest absolute Gasteiger partial charge is 0.371 e. The van der Waals surface area contributed by atoms with E-state index in [0.717, 1.165) is 6.42 Å². The van der Waals surface area contributed by atoms with Gasteiger partial charge in [-0.05, 0) is 11.1 Å². The molecule has 1 aromatic carbocycles. The number of fused-ring (bicyclic) bond motifs is 1. The molecule has 4 nitrogen and oxygen atoms in total. The van der Waals surface area contributed by atoms with Crippen molar-refractivity contribution in [1.29, 1.82) is 0 Å². The van der Waals surface area contributed by atoms with Crippen LogP contribution in [0.25, 0.3) is 0 Å². The molecule has 2 amide bonds. The Labute approximate surface area is 114 Å². The van der Waals surface area contributed by atoms with Gasteiger partial charge in [0.25, 0.3) is 0 Å². The van der Waals surface area contributed by atoms with Gasteiger partial charge in [0.05, 0.1) is 12.7 Å². The van der Waals surface area contributed by atoms with Gasteiger partial charge >= 0.3 is 6.03 Å². The first-order valence-corrected chi connectivity index (χ1v) is 6.49. The smallest absolute Gasteiger partial charge is 0.317 e. The van der Waals surface area contributed by atoms with Crippen LogP contribution in [0, 0.1) is 0 Å². The van der Waals surface area contributed by atoms with Crippen LogP contribution >= 0.6 is 0 Å². The highest BCUT2D eigenvalue weighted by Crippen LogP contribution is 2.20. The molecule has 1 aromatic rings. The van der Waals surface area contributed by atoms with Crippen molar-refractivity contribution in [3.05, 3.63) is 48.0 Å². The molecule has 1 heterocycles. The number of benzene rings is 1. The molecular formula is C15H20N2O2. The van der Waals surface area contributed by atoms with Gasteiger partial charge in [-0.2, -0.15) is 0 Å². The lowest BCUT2D eigenvalue weighted by molar-refractivity contribution is 0.0151. The van der Waals surface area contributed by atoms with E-state index in [9.17, 15) is 4.79 Å². The molecule has 2 rings (SSSR count). The van der Waals surface area contributed by atoms with E-state index in [2.05, 4.69) is 24.0 Å². The lowest BCUT2D eigenvalue weighted by Gasteiger charge is -2.29. The average Bonchev–Trinajstić information content (AvgIpc) is 2.44. The Balaban J connectivity index is 1.88. The first-order chi connectivity index (χ1) is 9.20. The zero-order valence-electron chi connectivity index (χ0n) is 11.3. The Morgan fingerprint density at radius 3 is 3.00 bits per heavy atom. The van der Waals surface area contributed by atoms with Crippen LogP contribution in [0.2, 0.25) is 0 Å². The van der Waals surface area contributed by atoms with Gasteiger partial charge in [-0.15, -0.1) is 6.58 Å². The molecule has 0 radical (unpaired) electrons. The Morgan fingerprint density at radius 1 is 1.53 bits per heavy atom. The Morgan fingerprint density at radius 2 is 2.26 bits per heavy atom. The highest BCUT2D eigenvalue weighted by Gasteiger charge is 2.21. The predicted molar refractivity (Wildman–Crippen MR) is 74.9 cm³/mol. The predicted octanol–water partition coefficient (Wildman–Crippen LogP) is 1.96. The molecule has 0 fully saturated rings. The fraction of sp³-hybridized carbons (Fsp3) is 0.400. The van der Waals surface area contributed by atoms with Crippen molar-refractivity contribution in [3.8, 4) is 0 Å². The van der Waals surface area contributed by atoms with Gasteiger partial charge in [-0.25, -0.2) is 4.79 Å². The molecule has 1 aliphatic rings. The number of likely N-dealkylation sites (N-methyl/N-ethyl adjacent to an activating group) is 1. The second kappa shape index (κ2) is 6.38. The van der Waals surface area contributed by atoms with Gasteiger partial charge in [0.2, 0.25) is 0 Å². The molecule has 1 unspecified atom stereocenters. The highest BCUT2D eigenvalue weighted by molar-refractivity contribution is 5.74. The average molecular weight is 260 g/mol. The first-order valence-electron chi connectivity index (χ1n) is 6.49. The van der Waals surface area contributed by atoms with Crippen molar-refractivity contribution >= 4 is 6.03 Å². The minimum atomic E-state index is -0.0950. The molecule has 1 aliphatic heterocycles. The maximum absolute atomic E-state index is 11.7. The number of nitrogens with one attached hydrogen (secondary N) is 1. The second-order valence-corrected chi connectivity index (χ2v) is 4.76. The normalized spacial score (nSPS) is 17.4. The van der Waals surface area contributed by atoms with Gasteiger partial charge in [0.15, 0.2) is 0 Å². The Bertz CT molecular complexity index is 459. The molecule has 1 N–H and O–H groups in total. The van der Waals surface area contributed by atoms with Gasteiger partial charge in [-0.3, -0.25) is 0 Å². The number of ether oxygens (including phenoxy) is 1. The second-order valence-electron chi connectivity index (χ2n) is 4.76. The number of rotatable bonds is 4. The molecule has 19 heavy (non-hydrogen) atoms. The van der Waals surface area contributed by atoms with E-state index in [0.29, 0.717) is 19.7 Å². The molecule has 0 saturated carbocycles. The highest BCUT2D eigenvalue weighted by atomic mass is 16.5. The van der Waals surface area contributed by atoms with E-state index < -0.39 is 0 Å². The molecular weight excluding hydrogens is 240 g/mol. The van der Waals surface area contributed by atoms with E-state index in [4.69, 9.17) is 4.74 Å². The van der Waals surface area contributed by atoms with Crippen molar-refractivity contribution < 1.29 is 9.53 Å².